The van der Waals surface area contributed by atoms with Crippen molar-refractivity contribution in [2.75, 3.05) is 26.3 Å². The van der Waals surface area contributed by atoms with Crippen molar-refractivity contribution < 1.29 is 19.1 Å². The van der Waals surface area contributed by atoms with Gasteiger partial charge in [-0.05, 0) is 41.5 Å². The molecular formula is C16H26N4O4. The Kier molecular flexibility index (Phi) is 8.05. The Balaban J connectivity index is 4.89. The van der Waals surface area contributed by atoms with Crippen LogP contribution in [0, 0.1) is 17.9 Å². The molecule has 0 bridgehead atoms. The van der Waals surface area contributed by atoms with E-state index in [2.05, 4.69) is 4.85 Å². The van der Waals surface area contributed by atoms with Crippen LogP contribution in [0.25, 0.3) is 4.85 Å². The quantitative estimate of drug-likeness (QED) is 0.568. The third kappa shape index (κ3) is 9.52. The van der Waals surface area contributed by atoms with E-state index in [1.807, 2.05) is 6.07 Å². The molecule has 8 nitrogen and oxygen atoms in total. The Morgan fingerprint density at radius 2 is 1.42 bits per heavy atom. The second-order valence-electron chi connectivity index (χ2n) is 7.10. The van der Waals surface area contributed by atoms with Crippen molar-refractivity contribution in [3.8, 4) is 6.07 Å². The number of hydrogen-bond acceptors (Lipinski definition) is 5. The van der Waals surface area contributed by atoms with Crippen LogP contribution in [0.3, 0.4) is 0 Å². The van der Waals surface area contributed by atoms with Gasteiger partial charge in [0.15, 0.2) is 0 Å². The number of rotatable bonds is 5. The first-order chi connectivity index (χ1) is 10.9. The summed E-state index contributed by atoms with van der Waals surface area (Å²) in [6, 6.07) is 1.89. The average molecular weight is 338 g/mol. The molecule has 0 fully saturated rings. The van der Waals surface area contributed by atoms with E-state index in [4.69, 9.17) is 21.3 Å². The summed E-state index contributed by atoms with van der Waals surface area (Å²) in [6.07, 6.45) is -1.28. The van der Waals surface area contributed by atoms with E-state index in [1.54, 1.807) is 41.5 Å². The van der Waals surface area contributed by atoms with Gasteiger partial charge in [-0.3, -0.25) is 9.74 Å². The maximum Gasteiger partial charge on any atom is 0.416 e. The Bertz CT molecular complexity index is 472. The highest BCUT2D eigenvalue weighted by Gasteiger charge is 2.26. The fourth-order valence-corrected chi connectivity index (χ4v) is 1.52. The summed E-state index contributed by atoms with van der Waals surface area (Å²) >= 11 is 0. The van der Waals surface area contributed by atoms with Gasteiger partial charge in [0, 0.05) is 13.1 Å². The fourth-order valence-electron chi connectivity index (χ4n) is 1.52. The molecule has 0 radical (unpaired) electrons. The van der Waals surface area contributed by atoms with Crippen molar-refractivity contribution in [1.29, 1.82) is 5.26 Å². The first kappa shape index (κ1) is 21.5. The molecular weight excluding hydrogens is 312 g/mol. The third-order valence-corrected chi connectivity index (χ3v) is 2.45. The van der Waals surface area contributed by atoms with Gasteiger partial charge in [0.05, 0.1) is 6.07 Å². The van der Waals surface area contributed by atoms with Crippen LogP contribution < -0.4 is 0 Å². The predicted octanol–water partition coefficient (Wildman–Crippen LogP) is 2.86. The van der Waals surface area contributed by atoms with Gasteiger partial charge < -0.3 is 9.47 Å². The largest absolute Gasteiger partial charge is 0.444 e. The molecule has 0 heterocycles. The summed E-state index contributed by atoms with van der Waals surface area (Å²) < 4.78 is 10.5. The van der Waals surface area contributed by atoms with Gasteiger partial charge in [-0.15, -0.1) is 0 Å². The van der Waals surface area contributed by atoms with Crippen LogP contribution in [-0.2, 0) is 9.47 Å². The van der Waals surface area contributed by atoms with Crippen LogP contribution in [0.2, 0.25) is 0 Å². The molecule has 0 aliphatic heterocycles. The van der Waals surface area contributed by atoms with Gasteiger partial charge >= 0.3 is 12.2 Å². The summed E-state index contributed by atoms with van der Waals surface area (Å²) in [5, 5.41) is 8.86. The molecule has 0 aliphatic rings. The minimum Gasteiger partial charge on any atom is -0.444 e. The monoisotopic (exact) mass is 338 g/mol. The molecule has 134 valence electrons. The number of nitrogens with zero attached hydrogens (tertiary/aromatic N) is 4. The highest BCUT2D eigenvalue weighted by molar-refractivity contribution is 5.69. The molecule has 24 heavy (non-hydrogen) atoms. The summed E-state index contributed by atoms with van der Waals surface area (Å²) in [4.78, 5) is 29.7. The molecule has 0 aromatic carbocycles. The van der Waals surface area contributed by atoms with E-state index in [1.165, 1.54) is 9.80 Å². The SMILES string of the molecule is [C-]#[N+]CN(CCN(CC#N)C(=O)OC(C)(C)C)C(=O)OC(C)(C)C. The molecule has 0 unspecified atom stereocenters. The normalized spacial score (nSPS) is 11.0. The molecule has 0 spiro atoms. The number of ether oxygens (including phenoxy) is 2. The number of carbonyl (C=O) groups excluding carboxylic acids is 2. The van der Waals surface area contributed by atoms with Crippen LogP contribution >= 0.6 is 0 Å². The third-order valence-electron chi connectivity index (χ3n) is 2.45. The topological polar surface area (TPSA) is 87.2 Å². The number of carbonyl (C=O) groups is 2. The van der Waals surface area contributed by atoms with Gasteiger partial charge in [-0.1, -0.05) is 0 Å². The first-order valence-electron chi connectivity index (χ1n) is 7.55. The van der Waals surface area contributed by atoms with Crippen molar-refractivity contribution in [1.82, 2.24) is 9.80 Å². The molecule has 0 N–H and O–H groups in total. The van der Waals surface area contributed by atoms with E-state index in [-0.39, 0.29) is 26.3 Å². The second-order valence-corrected chi connectivity index (χ2v) is 7.10. The zero-order valence-electron chi connectivity index (χ0n) is 15.3. The van der Waals surface area contributed by atoms with Gasteiger partial charge in [-0.2, -0.15) is 5.26 Å². The Hall–Kier alpha value is -2.48. The summed E-state index contributed by atoms with van der Waals surface area (Å²) in [7, 11) is 0. The predicted molar refractivity (Wildman–Crippen MR) is 87.8 cm³/mol. The lowest BCUT2D eigenvalue weighted by atomic mass is 10.2. The average Bonchev–Trinajstić information content (AvgIpc) is 2.37. The number of hydrogen-bond donors (Lipinski definition) is 0. The molecule has 0 saturated carbocycles. The van der Waals surface area contributed by atoms with Gasteiger partial charge in [0.2, 0.25) is 0 Å². The highest BCUT2D eigenvalue weighted by Crippen LogP contribution is 2.12. The van der Waals surface area contributed by atoms with Crippen LogP contribution in [0.1, 0.15) is 41.5 Å². The van der Waals surface area contributed by atoms with Crippen LogP contribution in [0.15, 0.2) is 0 Å². The van der Waals surface area contributed by atoms with E-state index in [0.717, 1.165) is 0 Å². The standard InChI is InChI=1S/C16H26N4O4/c1-15(2,3)23-13(21)19(9-8-17)10-11-20(12-18-7)14(22)24-16(4,5)6/h9-12H2,1-6H3. The summed E-state index contributed by atoms with van der Waals surface area (Å²) in [6.45, 7) is 17.1. The highest BCUT2D eigenvalue weighted by atomic mass is 16.6. The van der Waals surface area contributed by atoms with E-state index >= 15 is 0 Å². The van der Waals surface area contributed by atoms with E-state index in [0.29, 0.717) is 0 Å². The lowest BCUT2D eigenvalue weighted by molar-refractivity contribution is 0.0165. The molecule has 0 aromatic rings. The smallest absolute Gasteiger partial charge is 0.416 e. The zero-order valence-corrected chi connectivity index (χ0v) is 15.3. The number of nitriles is 1. The van der Waals surface area contributed by atoms with Crippen LogP contribution in [0.4, 0.5) is 9.59 Å². The first-order valence-corrected chi connectivity index (χ1v) is 7.55. The molecule has 0 aromatic heterocycles. The van der Waals surface area contributed by atoms with Crippen molar-refractivity contribution in [2.45, 2.75) is 52.7 Å². The summed E-state index contributed by atoms with van der Waals surface area (Å²) in [5.74, 6) is 0. The molecule has 0 aliphatic carbocycles. The maximum absolute atomic E-state index is 12.1. The van der Waals surface area contributed by atoms with Crippen molar-refractivity contribution >= 4 is 12.2 Å². The second kappa shape index (κ2) is 8.97. The van der Waals surface area contributed by atoms with Crippen molar-refractivity contribution in [2.24, 2.45) is 0 Å². The van der Waals surface area contributed by atoms with Gasteiger partial charge in [0.25, 0.3) is 6.67 Å². The minimum atomic E-state index is -0.688. The minimum absolute atomic E-state index is 0.0667. The van der Waals surface area contributed by atoms with Crippen LogP contribution in [-0.4, -0.2) is 59.5 Å². The molecule has 8 heteroatoms. The fraction of sp³-hybridized carbons (Fsp3) is 0.750. The van der Waals surface area contributed by atoms with Crippen molar-refractivity contribution in [3.63, 3.8) is 0 Å². The maximum atomic E-state index is 12.1. The Morgan fingerprint density at radius 3 is 1.79 bits per heavy atom. The number of amides is 2. The van der Waals surface area contributed by atoms with Crippen LogP contribution in [0.5, 0.6) is 0 Å². The van der Waals surface area contributed by atoms with E-state index in [9.17, 15) is 9.59 Å². The Morgan fingerprint density at radius 1 is 1.00 bits per heavy atom. The van der Waals surface area contributed by atoms with Crippen molar-refractivity contribution in [3.05, 3.63) is 11.4 Å². The lowest BCUT2D eigenvalue weighted by Crippen LogP contribution is -2.44. The molecule has 0 rings (SSSR count). The molecule has 2 amide bonds. The Labute approximate surface area is 143 Å². The summed E-state index contributed by atoms with van der Waals surface area (Å²) in [5.41, 5.74) is -1.37. The van der Waals surface area contributed by atoms with Gasteiger partial charge in [-0.25, -0.2) is 21.1 Å². The zero-order chi connectivity index (χ0) is 19.0. The molecule has 0 atom stereocenters. The van der Waals surface area contributed by atoms with E-state index < -0.39 is 23.4 Å². The molecule has 0 saturated heterocycles. The van der Waals surface area contributed by atoms with Gasteiger partial charge in [0.1, 0.15) is 17.7 Å². The lowest BCUT2D eigenvalue weighted by Gasteiger charge is -2.28.